The van der Waals surface area contributed by atoms with E-state index in [1.54, 1.807) is 23.5 Å². The minimum absolute atomic E-state index is 0.126. The minimum atomic E-state index is -3.63. The number of thiophene rings is 1. The summed E-state index contributed by atoms with van der Waals surface area (Å²) >= 11 is 5.26. The molecule has 0 radical (unpaired) electrons. The second-order valence-electron chi connectivity index (χ2n) is 4.83. The number of nitrogens with two attached hydrogens (primary N) is 1. The van der Waals surface area contributed by atoms with E-state index in [-0.39, 0.29) is 10.9 Å². The molecule has 1 atom stereocenters. The fourth-order valence-corrected chi connectivity index (χ4v) is 3.99. The smallest absolute Gasteiger partial charge is 0.238 e. The predicted molar refractivity (Wildman–Crippen MR) is 89.8 cm³/mol. The van der Waals surface area contributed by atoms with E-state index in [0.717, 1.165) is 16.6 Å². The lowest BCUT2D eigenvalue weighted by atomic mass is 10.1. The van der Waals surface area contributed by atoms with Crippen molar-refractivity contribution < 1.29 is 8.42 Å². The van der Waals surface area contributed by atoms with Crippen LogP contribution in [-0.2, 0) is 16.6 Å². The Morgan fingerprint density at radius 3 is 2.43 bits per heavy atom. The highest BCUT2D eigenvalue weighted by Gasteiger charge is 2.10. The molecule has 2 rings (SSSR count). The first-order valence-electron chi connectivity index (χ1n) is 6.38. The van der Waals surface area contributed by atoms with E-state index in [1.807, 2.05) is 6.92 Å². The van der Waals surface area contributed by atoms with Gasteiger partial charge in [-0.15, -0.1) is 11.3 Å². The molecule has 3 N–H and O–H groups in total. The SMILES string of the molecule is Cc1sc(CNC(C)c2ccc(S(N)(=O)=O)cc2)cc1Br. The van der Waals surface area contributed by atoms with Crippen LogP contribution < -0.4 is 10.5 Å². The molecule has 4 nitrogen and oxygen atoms in total. The first kappa shape index (κ1) is 16.6. The summed E-state index contributed by atoms with van der Waals surface area (Å²) in [6.45, 7) is 4.89. The maximum atomic E-state index is 11.2. The lowest BCUT2D eigenvalue weighted by Gasteiger charge is -2.14. The molecule has 0 aliphatic heterocycles. The summed E-state index contributed by atoms with van der Waals surface area (Å²) in [7, 11) is -3.63. The summed E-state index contributed by atoms with van der Waals surface area (Å²) in [6.07, 6.45) is 0. The molecule has 1 heterocycles. The molecule has 0 saturated carbocycles. The summed E-state index contributed by atoms with van der Waals surface area (Å²) in [4.78, 5) is 2.65. The van der Waals surface area contributed by atoms with Gasteiger partial charge in [0.1, 0.15) is 0 Å². The average molecular weight is 389 g/mol. The normalized spacial score (nSPS) is 13.3. The average Bonchev–Trinajstić information content (AvgIpc) is 2.74. The van der Waals surface area contributed by atoms with Gasteiger partial charge in [-0.1, -0.05) is 12.1 Å². The van der Waals surface area contributed by atoms with Gasteiger partial charge in [-0.05, 0) is 53.5 Å². The van der Waals surface area contributed by atoms with Crippen LogP contribution >= 0.6 is 27.3 Å². The number of rotatable bonds is 5. The third-order valence-electron chi connectivity index (χ3n) is 3.20. The van der Waals surface area contributed by atoms with Gasteiger partial charge in [0, 0.05) is 26.8 Å². The molecule has 1 aromatic carbocycles. The van der Waals surface area contributed by atoms with Crippen LogP contribution in [0.2, 0.25) is 0 Å². The van der Waals surface area contributed by atoms with Crippen LogP contribution in [0.25, 0.3) is 0 Å². The molecule has 0 aliphatic rings. The van der Waals surface area contributed by atoms with Gasteiger partial charge in [-0.2, -0.15) is 0 Å². The summed E-state index contributed by atoms with van der Waals surface area (Å²) in [5, 5.41) is 8.51. The molecule has 0 spiro atoms. The number of hydrogen-bond acceptors (Lipinski definition) is 4. The molecule has 0 bridgehead atoms. The van der Waals surface area contributed by atoms with Gasteiger partial charge in [0.25, 0.3) is 0 Å². The molecule has 1 aromatic heterocycles. The Morgan fingerprint density at radius 1 is 1.33 bits per heavy atom. The van der Waals surface area contributed by atoms with Crippen molar-refractivity contribution in [3.63, 3.8) is 0 Å². The Hall–Kier alpha value is -0.730. The highest BCUT2D eigenvalue weighted by molar-refractivity contribution is 9.10. The van der Waals surface area contributed by atoms with E-state index < -0.39 is 10.0 Å². The van der Waals surface area contributed by atoms with Crippen LogP contribution in [0.4, 0.5) is 0 Å². The van der Waals surface area contributed by atoms with Gasteiger partial charge in [-0.3, -0.25) is 0 Å². The monoisotopic (exact) mass is 388 g/mol. The second-order valence-corrected chi connectivity index (χ2v) is 8.59. The molecular formula is C14H17BrN2O2S2. The molecule has 0 amide bonds. The molecule has 1 unspecified atom stereocenters. The van der Waals surface area contributed by atoms with Gasteiger partial charge in [0.05, 0.1) is 4.90 Å². The minimum Gasteiger partial charge on any atom is -0.305 e. The van der Waals surface area contributed by atoms with Crippen LogP contribution in [0.3, 0.4) is 0 Å². The summed E-state index contributed by atoms with van der Waals surface area (Å²) < 4.78 is 23.6. The van der Waals surface area contributed by atoms with E-state index in [1.165, 1.54) is 21.9 Å². The van der Waals surface area contributed by atoms with Crippen molar-refractivity contribution in [2.75, 3.05) is 0 Å². The third kappa shape index (κ3) is 4.37. The summed E-state index contributed by atoms with van der Waals surface area (Å²) in [5.41, 5.74) is 1.02. The molecule has 0 saturated heterocycles. The zero-order valence-corrected chi connectivity index (χ0v) is 15.0. The number of hydrogen-bond donors (Lipinski definition) is 2. The number of halogens is 1. The Bertz CT molecular complexity index is 704. The molecule has 0 fully saturated rings. The van der Waals surface area contributed by atoms with Crippen molar-refractivity contribution in [3.05, 3.63) is 50.1 Å². The van der Waals surface area contributed by atoms with Crippen molar-refractivity contribution in [1.82, 2.24) is 5.32 Å². The van der Waals surface area contributed by atoms with Crippen molar-refractivity contribution in [2.24, 2.45) is 5.14 Å². The van der Waals surface area contributed by atoms with E-state index in [4.69, 9.17) is 5.14 Å². The number of sulfonamides is 1. The van der Waals surface area contributed by atoms with Gasteiger partial charge < -0.3 is 5.32 Å². The molecule has 7 heteroatoms. The van der Waals surface area contributed by atoms with Crippen LogP contribution in [-0.4, -0.2) is 8.42 Å². The highest BCUT2D eigenvalue weighted by Crippen LogP contribution is 2.26. The van der Waals surface area contributed by atoms with Crippen molar-refractivity contribution in [3.8, 4) is 0 Å². The lowest BCUT2D eigenvalue weighted by molar-refractivity contribution is 0.577. The highest BCUT2D eigenvalue weighted by atomic mass is 79.9. The first-order valence-corrected chi connectivity index (χ1v) is 9.54. The number of nitrogens with one attached hydrogen (secondary N) is 1. The van der Waals surface area contributed by atoms with Gasteiger partial charge in [0.2, 0.25) is 10.0 Å². The van der Waals surface area contributed by atoms with Crippen molar-refractivity contribution in [1.29, 1.82) is 0 Å². The Balaban J connectivity index is 2.01. The molecule has 21 heavy (non-hydrogen) atoms. The molecular weight excluding hydrogens is 372 g/mol. The van der Waals surface area contributed by atoms with Crippen LogP contribution in [0.5, 0.6) is 0 Å². The molecule has 2 aromatic rings. The quantitative estimate of drug-likeness (QED) is 0.824. The van der Waals surface area contributed by atoms with Crippen LogP contribution in [0, 0.1) is 6.92 Å². The third-order valence-corrected chi connectivity index (χ3v) is 6.27. The van der Waals surface area contributed by atoms with E-state index in [9.17, 15) is 8.42 Å². The standard InChI is InChI=1S/C14H17BrN2O2S2/c1-9(17-8-12-7-14(15)10(2)20-12)11-3-5-13(6-4-11)21(16,18)19/h3-7,9,17H,8H2,1-2H3,(H2,16,18,19). The van der Waals surface area contributed by atoms with Crippen molar-refractivity contribution >= 4 is 37.3 Å². The Labute approximate surface area is 137 Å². The van der Waals surface area contributed by atoms with Crippen LogP contribution in [0.1, 0.15) is 28.3 Å². The first-order chi connectivity index (χ1) is 9.77. The van der Waals surface area contributed by atoms with Gasteiger partial charge >= 0.3 is 0 Å². The van der Waals surface area contributed by atoms with E-state index in [0.29, 0.717) is 0 Å². The maximum Gasteiger partial charge on any atom is 0.238 e. The van der Waals surface area contributed by atoms with E-state index >= 15 is 0 Å². The van der Waals surface area contributed by atoms with Crippen LogP contribution in [0.15, 0.2) is 39.7 Å². The Morgan fingerprint density at radius 2 is 1.95 bits per heavy atom. The number of benzene rings is 1. The number of primary sulfonamides is 1. The van der Waals surface area contributed by atoms with Gasteiger partial charge in [-0.25, -0.2) is 13.6 Å². The second kappa shape index (κ2) is 6.58. The fraction of sp³-hybridized carbons (Fsp3) is 0.286. The summed E-state index contributed by atoms with van der Waals surface area (Å²) in [6, 6.07) is 8.88. The van der Waals surface area contributed by atoms with Gasteiger partial charge in [0.15, 0.2) is 0 Å². The molecule has 114 valence electrons. The predicted octanol–water partition coefficient (Wildman–Crippen LogP) is 3.32. The maximum absolute atomic E-state index is 11.2. The van der Waals surface area contributed by atoms with E-state index in [2.05, 4.69) is 34.2 Å². The lowest BCUT2D eigenvalue weighted by Crippen LogP contribution is -2.18. The Kier molecular flexibility index (Phi) is 5.21. The topological polar surface area (TPSA) is 72.2 Å². The zero-order chi connectivity index (χ0) is 15.6. The largest absolute Gasteiger partial charge is 0.305 e. The zero-order valence-electron chi connectivity index (χ0n) is 11.8. The summed E-state index contributed by atoms with van der Waals surface area (Å²) in [5.74, 6) is 0. The fourth-order valence-electron chi connectivity index (χ4n) is 1.92. The number of aryl methyl sites for hydroxylation is 1. The molecule has 0 aliphatic carbocycles. The van der Waals surface area contributed by atoms with Crippen molar-refractivity contribution in [2.45, 2.75) is 31.3 Å².